The molecule has 0 heterocycles. The standard InChI is InChI=1S/C54H38O/c1-36(46-27-11-19-38-15-3-7-23-48(38)46)31-44(32-37(2)47-28-12-20-39-16-4-8-24-49(39)47)54(55)45-34-42(52-29-13-21-40-17-5-9-25-50(40)52)33-43(35-45)53-30-14-22-41-18-6-10-26-51(41)53/h3-35H,1H2,2H3/b37-32+,44-31+. The number of hydrogen-bond acceptors (Lipinski definition) is 1. The van der Waals surface area contributed by atoms with Crippen molar-refractivity contribution in [3.63, 3.8) is 0 Å². The van der Waals surface area contributed by atoms with Crippen molar-refractivity contribution in [2.45, 2.75) is 6.92 Å². The van der Waals surface area contributed by atoms with Gasteiger partial charge in [0.1, 0.15) is 0 Å². The molecule has 0 saturated carbocycles. The Bertz CT molecular complexity index is 2910. The van der Waals surface area contributed by atoms with Crippen molar-refractivity contribution in [1.82, 2.24) is 0 Å². The smallest absolute Gasteiger partial charge is 0.193 e. The number of ketones is 1. The van der Waals surface area contributed by atoms with Crippen LogP contribution in [0.3, 0.4) is 0 Å². The van der Waals surface area contributed by atoms with Gasteiger partial charge >= 0.3 is 0 Å². The van der Waals surface area contributed by atoms with Crippen LogP contribution < -0.4 is 0 Å². The van der Waals surface area contributed by atoms with E-state index in [9.17, 15) is 0 Å². The molecule has 0 radical (unpaired) electrons. The molecule has 1 nitrogen and oxygen atoms in total. The zero-order valence-electron chi connectivity index (χ0n) is 30.7. The molecule has 0 aromatic heterocycles. The summed E-state index contributed by atoms with van der Waals surface area (Å²) in [6, 6.07) is 65.4. The Balaban J connectivity index is 1.26. The van der Waals surface area contributed by atoms with Crippen molar-refractivity contribution in [2.75, 3.05) is 0 Å². The van der Waals surface area contributed by atoms with Crippen LogP contribution in [0.25, 0.3) is 76.5 Å². The Morgan fingerprint density at radius 3 is 1.36 bits per heavy atom. The summed E-state index contributed by atoms with van der Waals surface area (Å²) in [4.78, 5) is 15.3. The van der Waals surface area contributed by atoms with E-state index in [1.807, 2.05) is 24.3 Å². The zero-order valence-corrected chi connectivity index (χ0v) is 30.7. The summed E-state index contributed by atoms with van der Waals surface area (Å²) in [7, 11) is 0. The quantitative estimate of drug-likeness (QED) is 0.0875. The van der Waals surface area contributed by atoms with Crippen molar-refractivity contribution in [1.29, 1.82) is 0 Å². The molecule has 0 aliphatic carbocycles. The van der Waals surface area contributed by atoms with Crippen LogP contribution >= 0.6 is 0 Å². The number of hydrogen-bond donors (Lipinski definition) is 0. The number of benzene rings is 9. The number of allylic oxidation sites excluding steroid dienone is 5. The maximum atomic E-state index is 15.3. The third-order valence-corrected chi connectivity index (χ3v) is 10.7. The highest BCUT2D eigenvalue weighted by atomic mass is 16.1. The minimum absolute atomic E-state index is 0.0652. The van der Waals surface area contributed by atoms with Crippen molar-refractivity contribution < 1.29 is 4.79 Å². The highest BCUT2D eigenvalue weighted by Gasteiger charge is 2.18. The van der Waals surface area contributed by atoms with Crippen molar-refractivity contribution in [3.05, 3.63) is 229 Å². The largest absolute Gasteiger partial charge is 0.289 e. The van der Waals surface area contributed by atoms with Crippen LogP contribution in [0.2, 0.25) is 0 Å². The molecule has 9 aromatic rings. The minimum atomic E-state index is -0.0652. The lowest BCUT2D eigenvalue weighted by atomic mass is 9.88. The fourth-order valence-corrected chi connectivity index (χ4v) is 8.01. The third kappa shape index (κ3) is 6.47. The highest BCUT2D eigenvalue weighted by molar-refractivity contribution is 6.15. The van der Waals surface area contributed by atoms with Gasteiger partial charge in [-0.25, -0.2) is 0 Å². The first-order valence-electron chi connectivity index (χ1n) is 18.7. The monoisotopic (exact) mass is 702 g/mol. The molecular weight excluding hydrogens is 665 g/mol. The highest BCUT2D eigenvalue weighted by Crippen LogP contribution is 2.37. The molecule has 0 fully saturated rings. The lowest BCUT2D eigenvalue weighted by Gasteiger charge is -2.15. The normalized spacial score (nSPS) is 12.1. The van der Waals surface area contributed by atoms with Crippen LogP contribution in [0.1, 0.15) is 28.4 Å². The molecular formula is C54H38O. The van der Waals surface area contributed by atoms with Gasteiger partial charge in [-0.3, -0.25) is 4.79 Å². The second kappa shape index (κ2) is 14.4. The van der Waals surface area contributed by atoms with Crippen LogP contribution in [0.5, 0.6) is 0 Å². The summed E-state index contributed by atoms with van der Waals surface area (Å²) in [5.41, 5.74) is 9.22. The van der Waals surface area contributed by atoms with Crippen molar-refractivity contribution in [3.8, 4) is 22.3 Å². The summed E-state index contributed by atoms with van der Waals surface area (Å²) >= 11 is 0. The van der Waals surface area contributed by atoms with Crippen molar-refractivity contribution in [2.24, 2.45) is 0 Å². The first-order chi connectivity index (χ1) is 27.0. The Morgan fingerprint density at radius 1 is 0.436 bits per heavy atom. The van der Waals surface area contributed by atoms with E-state index in [0.717, 1.165) is 87.6 Å². The number of rotatable bonds is 8. The first-order valence-corrected chi connectivity index (χ1v) is 18.7. The molecule has 9 rings (SSSR count). The van der Waals surface area contributed by atoms with Gasteiger partial charge in [0, 0.05) is 11.1 Å². The van der Waals surface area contributed by atoms with Gasteiger partial charge in [-0.05, 0) is 125 Å². The lowest BCUT2D eigenvalue weighted by Crippen LogP contribution is -2.04. The fraction of sp³-hybridized carbons (Fsp3) is 0.0185. The molecule has 0 aliphatic heterocycles. The van der Waals surface area contributed by atoms with E-state index in [1.165, 1.54) is 0 Å². The van der Waals surface area contributed by atoms with E-state index in [-0.39, 0.29) is 5.78 Å². The van der Waals surface area contributed by atoms with Gasteiger partial charge in [0.05, 0.1) is 0 Å². The van der Waals surface area contributed by atoms with Crippen LogP contribution in [-0.2, 0) is 0 Å². The van der Waals surface area contributed by atoms with E-state index in [4.69, 9.17) is 0 Å². The third-order valence-electron chi connectivity index (χ3n) is 10.7. The lowest BCUT2D eigenvalue weighted by molar-refractivity contribution is 0.103. The number of fused-ring (bicyclic) bond motifs is 4. The molecule has 0 atom stereocenters. The van der Waals surface area contributed by atoms with Gasteiger partial charge in [-0.15, -0.1) is 0 Å². The molecule has 0 unspecified atom stereocenters. The van der Waals surface area contributed by atoms with Crippen molar-refractivity contribution >= 4 is 60.0 Å². The molecule has 0 N–H and O–H groups in total. The molecule has 0 amide bonds. The molecule has 55 heavy (non-hydrogen) atoms. The Labute approximate surface area is 321 Å². The first kappa shape index (κ1) is 33.7. The predicted octanol–water partition coefficient (Wildman–Crippen LogP) is 14.6. The van der Waals surface area contributed by atoms with E-state index >= 15 is 4.79 Å². The van der Waals surface area contributed by atoms with Gasteiger partial charge in [0.2, 0.25) is 0 Å². The van der Waals surface area contributed by atoms with Gasteiger partial charge < -0.3 is 0 Å². The average molecular weight is 703 g/mol. The second-order valence-corrected chi connectivity index (χ2v) is 14.2. The zero-order chi connectivity index (χ0) is 37.3. The minimum Gasteiger partial charge on any atom is -0.289 e. The summed E-state index contributed by atoms with van der Waals surface area (Å²) < 4.78 is 0. The van der Waals surface area contributed by atoms with Gasteiger partial charge in [0.15, 0.2) is 5.78 Å². The van der Waals surface area contributed by atoms with E-state index in [1.54, 1.807) is 0 Å². The van der Waals surface area contributed by atoms with Crippen LogP contribution in [0.4, 0.5) is 0 Å². The van der Waals surface area contributed by atoms with Crippen LogP contribution in [0.15, 0.2) is 212 Å². The van der Waals surface area contributed by atoms with Gasteiger partial charge in [0.25, 0.3) is 0 Å². The van der Waals surface area contributed by atoms with E-state index in [0.29, 0.717) is 11.1 Å². The predicted molar refractivity (Wildman–Crippen MR) is 235 cm³/mol. The molecule has 0 bridgehead atoms. The van der Waals surface area contributed by atoms with Gasteiger partial charge in [-0.2, -0.15) is 0 Å². The second-order valence-electron chi connectivity index (χ2n) is 14.2. The number of carbonyl (C=O) groups excluding carboxylic acids is 1. The van der Waals surface area contributed by atoms with Crippen LogP contribution in [0, 0.1) is 0 Å². The summed E-state index contributed by atoms with van der Waals surface area (Å²) in [6.07, 6.45) is 4.02. The van der Waals surface area contributed by atoms with Gasteiger partial charge in [-0.1, -0.05) is 176 Å². The van der Waals surface area contributed by atoms with Crippen LogP contribution in [-0.4, -0.2) is 5.78 Å². The number of carbonyl (C=O) groups is 1. The Morgan fingerprint density at radius 2 is 0.836 bits per heavy atom. The SMILES string of the molecule is C=C(/C=C(\C=C(/C)c1cccc2ccccc12)C(=O)c1cc(-c2cccc3ccccc23)cc(-c2cccc3ccccc23)c1)c1cccc2ccccc12. The summed E-state index contributed by atoms with van der Waals surface area (Å²) in [5.74, 6) is -0.0652. The maximum Gasteiger partial charge on any atom is 0.193 e. The molecule has 0 saturated heterocycles. The van der Waals surface area contributed by atoms with E-state index < -0.39 is 0 Å². The Kier molecular flexibility index (Phi) is 8.82. The average Bonchev–Trinajstić information content (AvgIpc) is 3.24. The topological polar surface area (TPSA) is 17.1 Å². The summed E-state index contributed by atoms with van der Waals surface area (Å²) in [6.45, 7) is 6.66. The Hall–Kier alpha value is -7.09. The molecule has 260 valence electrons. The molecule has 1 heteroatoms. The van der Waals surface area contributed by atoms with E-state index in [2.05, 4.69) is 189 Å². The molecule has 0 aliphatic rings. The maximum absolute atomic E-state index is 15.3. The summed E-state index contributed by atoms with van der Waals surface area (Å²) in [5, 5.41) is 9.14. The fourth-order valence-electron chi connectivity index (χ4n) is 8.01. The molecule has 9 aromatic carbocycles. The number of Topliss-reactive ketones (excluding diaryl/α,β-unsaturated/α-hetero) is 1. The molecule has 0 spiro atoms.